The monoisotopic (exact) mass is 299 g/mol. The van der Waals surface area contributed by atoms with Gasteiger partial charge in [0.25, 0.3) is 0 Å². The molecule has 1 aliphatic heterocycles. The van der Waals surface area contributed by atoms with Gasteiger partial charge < -0.3 is 15.5 Å². The maximum atomic E-state index is 12.4. The summed E-state index contributed by atoms with van der Waals surface area (Å²) in [7, 11) is 0. The Morgan fingerprint density at radius 3 is 2.45 bits per heavy atom. The Hall–Kier alpha value is -1.97. The molecule has 0 bridgehead atoms. The summed E-state index contributed by atoms with van der Waals surface area (Å²) in [6.07, 6.45) is 5.65. The van der Waals surface area contributed by atoms with E-state index in [1.165, 1.54) is 0 Å². The molecular weight excluding hydrogens is 274 g/mol. The molecule has 118 valence electrons. The first-order chi connectivity index (χ1) is 10.4. The van der Waals surface area contributed by atoms with Crippen molar-refractivity contribution in [1.29, 1.82) is 0 Å². The van der Waals surface area contributed by atoms with Crippen molar-refractivity contribution in [2.24, 2.45) is 5.73 Å². The van der Waals surface area contributed by atoms with Gasteiger partial charge in [-0.05, 0) is 45.7 Å². The molecule has 1 atom stereocenters. The second kappa shape index (κ2) is 5.34. The van der Waals surface area contributed by atoms with Crippen LogP contribution in [0.3, 0.4) is 0 Å². The van der Waals surface area contributed by atoms with Crippen molar-refractivity contribution in [2.45, 2.75) is 58.0 Å². The molecule has 0 aromatic heterocycles. The lowest BCUT2D eigenvalue weighted by molar-refractivity contribution is -0.121. The second-order valence-corrected chi connectivity index (χ2v) is 7.18. The maximum absolute atomic E-state index is 12.4. The number of Topliss-reactive ketones (excluding diaryl/α,β-unsaturated/α-hetero) is 1. The molecule has 22 heavy (non-hydrogen) atoms. The number of fused-ring (bicyclic) bond motifs is 1. The third-order valence-electron chi connectivity index (χ3n) is 4.46. The molecular formula is C18H25N3O. The predicted octanol–water partition coefficient (Wildman–Crippen LogP) is 3.38. The molecule has 0 saturated heterocycles. The van der Waals surface area contributed by atoms with Crippen molar-refractivity contribution in [2.75, 3.05) is 9.80 Å². The molecule has 0 amide bonds. The van der Waals surface area contributed by atoms with E-state index in [4.69, 9.17) is 5.73 Å². The molecule has 4 heteroatoms. The maximum Gasteiger partial charge on any atom is 0.155 e. The fourth-order valence-corrected chi connectivity index (χ4v) is 3.55. The average Bonchev–Trinajstić information content (AvgIpc) is 2.45. The Balaban J connectivity index is 2.07. The Labute approximate surface area is 132 Å². The Morgan fingerprint density at radius 1 is 1.14 bits per heavy atom. The van der Waals surface area contributed by atoms with Gasteiger partial charge in [0, 0.05) is 18.2 Å². The van der Waals surface area contributed by atoms with Crippen LogP contribution in [0.5, 0.6) is 0 Å². The normalized spacial score (nSPS) is 22.4. The Bertz CT molecular complexity index is 615. The molecule has 1 aromatic carbocycles. The summed E-state index contributed by atoms with van der Waals surface area (Å²) in [6, 6.07) is 8.14. The highest BCUT2D eigenvalue weighted by molar-refractivity contribution is 5.91. The van der Waals surface area contributed by atoms with Gasteiger partial charge in [0.15, 0.2) is 5.78 Å². The number of nitrogens with two attached hydrogens (primary N) is 1. The van der Waals surface area contributed by atoms with E-state index in [0.29, 0.717) is 18.0 Å². The van der Waals surface area contributed by atoms with E-state index in [1.54, 1.807) is 0 Å². The third kappa shape index (κ3) is 2.47. The van der Waals surface area contributed by atoms with E-state index < -0.39 is 0 Å². The fourth-order valence-electron chi connectivity index (χ4n) is 3.55. The number of hydrogen-bond acceptors (Lipinski definition) is 4. The highest BCUT2D eigenvalue weighted by Gasteiger charge is 2.35. The minimum atomic E-state index is -0.112. The summed E-state index contributed by atoms with van der Waals surface area (Å²) < 4.78 is 0. The van der Waals surface area contributed by atoms with Crippen LogP contribution < -0.4 is 15.5 Å². The number of carbonyl (C=O) groups excluding carboxylic acids is 1. The van der Waals surface area contributed by atoms with E-state index in [2.05, 4.69) is 42.7 Å². The zero-order valence-corrected chi connectivity index (χ0v) is 13.7. The van der Waals surface area contributed by atoms with E-state index in [9.17, 15) is 4.79 Å². The van der Waals surface area contributed by atoms with E-state index in [-0.39, 0.29) is 11.6 Å². The van der Waals surface area contributed by atoms with Crippen LogP contribution in [-0.2, 0) is 4.79 Å². The van der Waals surface area contributed by atoms with E-state index >= 15 is 0 Å². The number of ketones is 1. The molecule has 1 aromatic rings. The van der Waals surface area contributed by atoms with E-state index in [1.807, 2.05) is 18.3 Å². The van der Waals surface area contributed by atoms with Crippen molar-refractivity contribution < 1.29 is 4.79 Å². The number of carbonyl (C=O) groups is 1. The Morgan fingerprint density at radius 2 is 1.82 bits per heavy atom. The van der Waals surface area contributed by atoms with E-state index in [0.717, 1.165) is 30.6 Å². The number of nitrogens with zero attached hydrogens (tertiary/aromatic N) is 2. The molecule has 1 aliphatic carbocycles. The quantitative estimate of drug-likeness (QED) is 0.863. The Kier molecular flexibility index (Phi) is 3.63. The highest BCUT2D eigenvalue weighted by Crippen LogP contribution is 2.41. The highest BCUT2D eigenvalue weighted by atomic mass is 16.1. The molecule has 0 radical (unpaired) electrons. The zero-order chi connectivity index (χ0) is 15.9. The zero-order valence-electron chi connectivity index (χ0n) is 13.7. The van der Waals surface area contributed by atoms with Crippen LogP contribution in [0.1, 0.15) is 46.5 Å². The molecule has 1 saturated carbocycles. The van der Waals surface area contributed by atoms with Crippen LogP contribution in [0.15, 0.2) is 36.3 Å². The first-order valence-electron chi connectivity index (χ1n) is 8.07. The molecule has 3 rings (SSSR count). The molecule has 1 unspecified atom stereocenters. The summed E-state index contributed by atoms with van der Waals surface area (Å²) in [6.45, 7) is 6.43. The van der Waals surface area contributed by atoms with Crippen LogP contribution >= 0.6 is 0 Å². The van der Waals surface area contributed by atoms with Crippen LogP contribution in [0, 0.1) is 0 Å². The van der Waals surface area contributed by atoms with Gasteiger partial charge in [-0.2, -0.15) is 0 Å². The fraction of sp³-hybridized carbons (Fsp3) is 0.500. The molecule has 1 fully saturated rings. The number of hydrogen-bond donors (Lipinski definition) is 1. The van der Waals surface area contributed by atoms with Crippen molar-refractivity contribution in [3.63, 3.8) is 0 Å². The van der Waals surface area contributed by atoms with Gasteiger partial charge in [0.05, 0.1) is 17.4 Å². The van der Waals surface area contributed by atoms with Gasteiger partial charge >= 0.3 is 0 Å². The van der Waals surface area contributed by atoms with Crippen molar-refractivity contribution in [3.05, 3.63) is 36.3 Å². The largest absolute Gasteiger partial charge is 0.384 e. The number of benzene rings is 1. The van der Waals surface area contributed by atoms with Gasteiger partial charge in [-0.15, -0.1) is 0 Å². The summed E-state index contributed by atoms with van der Waals surface area (Å²) in [5.74, 6) is 1.03. The minimum Gasteiger partial charge on any atom is -0.384 e. The first kappa shape index (κ1) is 14.9. The summed E-state index contributed by atoms with van der Waals surface area (Å²) in [5, 5.41) is 0. The SMILES string of the molecule is CC(C)(C)N1C(N)=CN(C2CCCCC2=O)c2ccccc21. The summed E-state index contributed by atoms with van der Waals surface area (Å²) in [5.41, 5.74) is 8.40. The predicted molar refractivity (Wildman–Crippen MR) is 90.7 cm³/mol. The lowest BCUT2D eigenvalue weighted by Gasteiger charge is -2.45. The summed E-state index contributed by atoms with van der Waals surface area (Å²) in [4.78, 5) is 16.6. The van der Waals surface area contributed by atoms with Crippen molar-refractivity contribution in [3.8, 4) is 0 Å². The smallest absolute Gasteiger partial charge is 0.155 e. The van der Waals surface area contributed by atoms with Crippen LogP contribution in [0.2, 0.25) is 0 Å². The average molecular weight is 299 g/mol. The van der Waals surface area contributed by atoms with Gasteiger partial charge in [0.1, 0.15) is 5.82 Å². The number of anilines is 2. The van der Waals surface area contributed by atoms with Gasteiger partial charge in [-0.1, -0.05) is 18.6 Å². The topological polar surface area (TPSA) is 49.6 Å². The number of rotatable bonds is 1. The molecule has 2 N–H and O–H groups in total. The minimum absolute atomic E-state index is 0.0735. The molecule has 2 aliphatic rings. The van der Waals surface area contributed by atoms with Crippen LogP contribution in [-0.4, -0.2) is 17.4 Å². The van der Waals surface area contributed by atoms with Gasteiger partial charge in [0.2, 0.25) is 0 Å². The molecule has 4 nitrogen and oxygen atoms in total. The van der Waals surface area contributed by atoms with Gasteiger partial charge in [-0.25, -0.2) is 0 Å². The molecule has 0 spiro atoms. The van der Waals surface area contributed by atoms with Crippen molar-refractivity contribution >= 4 is 17.2 Å². The number of para-hydroxylation sites is 2. The third-order valence-corrected chi connectivity index (χ3v) is 4.46. The van der Waals surface area contributed by atoms with Crippen molar-refractivity contribution in [1.82, 2.24) is 0 Å². The summed E-state index contributed by atoms with van der Waals surface area (Å²) >= 11 is 0. The van der Waals surface area contributed by atoms with Gasteiger partial charge in [-0.3, -0.25) is 4.79 Å². The lowest BCUT2D eigenvalue weighted by Crippen LogP contribution is -2.50. The molecule has 1 heterocycles. The van der Waals surface area contributed by atoms with Crippen LogP contribution in [0.4, 0.5) is 11.4 Å². The first-order valence-corrected chi connectivity index (χ1v) is 8.07. The van der Waals surface area contributed by atoms with Crippen LogP contribution in [0.25, 0.3) is 0 Å². The lowest BCUT2D eigenvalue weighted by atomic mass is 9.91. The second-order valence-electron chi connectivity index (χ2n) is 7.18. The standard InChI is InChI=1S/C18H25N3O/c1-18(2,3)21-14-9-5-4-8-13(14)20(12-17(21)19)15-10-6-7-11-16(15)22/h4-5,8-9,12,15H,6-7,10-11,19H2,1-3H3.